The second-order valence-electron chi connectivity index (χ2n) is 4.84. The summed E-state index contributed by atoms with van der Waals surface area (Å²) in [5, 5.41) is 3.48. The average Bonchev–Trinajstić information content (AvgIpc) is 2.84. The number of nitrogens with one attached hydrogen (secondary N) is 1. The van der Waals surface area contributed by atoms with Crippen LogP contribution in [-0.2, 0) is 0 Å². The van der Waals surface area contributed by atoms with Crippen LogP contribution < -0.4 is 11.1 Å². The smallest absolute Gasteiger partial charge is 0.106 e. The normalized spacial score (nSPS) is 15.8. The highest BCUT2D eigenvalue weighted by Crippen LogP contribution is 2.20. The summed E-state index contributed by atoms with van der Waals surface area (Å²) in [6.45, 7) is 6.58. The maximum absolute atomic E-state index is 5.76. The number of nitrogens with zero attached hydrogens (tertiary/aromatic N) is 1. The van der Waals surface area contributed by atoms with Gasteiger partial charge in [0.15, 0.2) is 0 Å². The van der Waals surface area contributed by atoms with Gasteiger partial charge < -0.3 is 16.0 Å². The molecule has 3 nitrogen and oxygen atoms in total. The van der Waals surface area contributed by atoms with Gasteiger partial charge in [0, 0.05) is 24.3 Å². The number of benzene rings is 1. The molecule has 1 heterocycles. The number of anilines is 1. The number of thiocarbonyl (C=S) groups is 1. The molecular weight excluding hydrogens is 242 g/mol. The highest BCUT2D eigenvalue weighted by Gasteiger charge is 2.11. The zero-order chi connectivity index (χ0) is 13.0. The van der Waals surface area contributed by atoms with Crippen LogP contribution in [-0.4, -0.2) is 36.1 Å². The van der Waals surface area contributed by atoms with E-state index in [1.165, 1.54) is 31.5 Å². The molecule has 1 aliphatic rings. The SMILES string of the molecule is Cc1cccc(C(N)=S)c1NCCN1CCCC1. The van der Waals surface area contributed by atoms with Crippen LogP contribution in [0.25, 0.3) is 0 Å². The molecule has 18 heavy (non-hydrogen) atoms. The molecule has 98 valence electrons. The predicted molar refractivity (Wildman–Crippen MR) is 81.2 cm³/mol. The maximum atomic E-state index is 5.76. The van der Waals surface area contributed by atoms with Crippen LogP contribution in [0, 0.1) is 6.92 Å². The molecule has 0 unspecified atom stereocenters. The average molecular weight is 263 g/mol. The minimum absolute atomic E-state index is 0.461. The quantitative estimate of drug-likeness (QED) is 0.799. The molecule has 1 aromatic carbocycles. The van der Waals surface area contributed by atoms with Gasteiger partial charge in [0.2, 0.25) is 0 Å². The lowest BCUT2D eigenvalue weighted by molar-refractivity contribution is 0.352. The van der Waals surface area contributed by atoms with Crippen molar-refractivity contribution in [1.82, 2.24) is 4.90 Å². The van der Waals surface area contributed by atoms with E-state index in [1.807, 2.05) is 12.1 Å². The van der Waals surface area contributed by atoms with Crippen molar-refractivity contribution in [3.05, 3.63) is 29.3 Å². The Morgan fingerprint density at radius 1 is 1.39 bits per heavy atom. The fraction of sp³-hybridized carbons (Fsp3) is 0.500. The summed E-state index contributed by atoms with van der Waals surface area (Å²) in [5.41, 5.74) is 8.99. The van der Waals surface area contributed by atoms with Gasteiger partial charge in [0.05, 0.1) is 0 Å². The Hall–Kier alpha value is -1.13. The molecule has 0 aromatic heterocycles. The van der Waals surface area contributed by atoms with Crippen molar-refractivity contribution >= 4 is 22.9 Å². The van der Waals surface area contributed by atoms with Crippen LogP contribution in [0.5, 0.6) is 0 Å². The van der Waals surface area contributed by atoms with Gasteiger partial charge >= 0.3 is 0 Å². The minimum atomic E-state index is 0.461. The first-order valence-corrected chi connectivity index (χ1v) is 6.95. The molecule has 1 saturated heterocycles. The number of hydrogen-bond donors (Lipinski definition) is 2. The molecule has 0 spiro atoms. The van der Waals surface area contributed by atoms with Crippen molar-refractivity contribution in [3.63, 3.8) is 0 Å². The number of rotatable bonds is 5. The van der Waals surface area contributed by atoms with Gasteiger partial charge in [-0.3, -0.25) is 0 Å². The molecule has 0 amide bonds. The van der Waals surface area contributed by atoms with Crippen LogP contribution in [0.15, 0.2) is 18.2 Å². The standard InChI is InChI=1S/C14H21N3S/c1-11-5-4-6-12(14(15)18)13(11)16-7-10-17-8-2-3-9-17/h4-6,16H,2-3,7-10H2,1H3,(H2,15,18). The van der Waals surface area contributed by atoms with Crippen molar-refractivity contribution in [2.75, 3.05) is 31.5 Å². The lowest BCUT2D eigenvalue weighted by atomic mass is 10.1. The van der Waals surface area contributed by atoms with Gasteiger partial charge in [0.1, 0.15) is 4.99 Å². The minimum Gasteiger partial charge on any atom is -0.389 e. The third-order valence-electron chi connectivity index (χ3n) is 3.47. The van der Waals surface area contributed by atoms with Gasteiger partial charge in [-0.1, -0.05) is 24.4 Å². The summed E-state index contributed by atoms with van der Waals surface area (Å²) in [7, 11) is 0. The number of hydrogen-bond acceptors (Lipinski definition) is 3. The molecule has 0 saturated carbocycles. The summed E-state index contributed by atoms with van der Waals surface area (Å²) in [4.78, 5) is 2.95. The predicted octanol–water partition coefficient (Wildman–Crippen LogP) is 2.14. The molecule has 4 heteroatoms. The summed E-state index contributed by atoms with van der Waals surface area (Å²) in [5.74, 6) is 0. The van der Waals surface area contributed by atoms with E-state index in [1.54, 1.807) is 0 Å². The van der Waals surface area contributed by atoms with E-state index in [-0.39, 0.29) is 0 Å². The molecule has 1 fully saturated rings. The third kappa shape index (κ3) is 3.21. The second-order valence-corrected chi connectivity index (χ2v) is 5.28. The Kier molecular flexibility index (Phi) is 4.55. The van der Waals surface area contributed by atoms with Gasteiger partial charge in [-0.05, 0) is 44.5 Å². The Morgan fingerprint density at radius 3 is 2.78 bits per heavy atom. The largest absolute Gasteiger partial charge is 0.389 e. The molecule has 0 bridgehead atoms. The lowest BCUT2D eigenvalue weighted by Crippen LogP contribution is -2.26. The molecule has 0 radical (unpaired) electrons. The van der Waals surface area contributed by atoms with Crippen LogP contribution in [0.1, 0.15) is 24.0 Å². The van der Waals surface area contributed by atoms with Gasteiger partial charge in [-0.2, -0.15) is 0 Å². The van der Waals surface area contributed by atoms with E-state index >= 15 is 0 Å². The van der Waals surface area contributed by atoms with E-state index in [4.69, 9.17) is 18.0 Å². The number of likely N-dealkylation sites (tertiary alicyclic amines) is 1. The molecule has 3 N–H and O–H groups in total. The second kappa shape index (κ2) is 6.16. The van der Waals surface area contributed by atoms with Crippen molar-refractivity contribution in [3.8, 4) is 0 Å². The first kappa shape index (κ1) is 13.3. The first-order valence-electron chi connectivity index (χ1n) is 6.54. The van der Waals surface area contributed by atoms with E-state index in [0.29, 0.717) is 4.99 Å². The summed E-state index contributed by atoms with van der Waals surface area (Å²) < 4.78 is 0. The lowest BCUT2D eigenvalue weighted by Gasteiger charge is -2.18. The third-order valence-corrected chi connectivity index (χ3v) is 3.69. The molecular formula is C14H21N3S. The summed E-state index contributed by atoms with van der Waals surface area (Å²) in [6, 6.07) is 6.06. The zero-order valence-corrected chi connectivity index (χ0v) is 11.7. The van der Waals surface area contributed by atoms with Crippen LogP contribution >= 0.6 is 12.2 Å². The summed E-state index contributed by atoms with van der Waals surface area (Å²) >= 11 is 5.09. The molecule has 1 aliphatic heterocycles. The van der Waals surface area contributed by atoms with Crippen molar-refractivity contribution in [1.29, 1.82) is 0 Å². The van der Waals surface area contributed by atoms with E-state index in [9.17, 15) is 0 Å². The Morgan fingerprint density at radius 2 is 2.11 bits per heavy atom. The maximum Gasteiger partial charge on any atom is 0.106 e. The first-order chi connectivity index (χ1) is 8.68. The van der Waals surface area contributed by atoms with Crippen molar-refractivity contribution in [2.24, 2.45) is 5.73 Å². The monoisotopic (exact) mass is 263 g/mol. The fourth-order valence-electron chi connectivity index (χ4n) is 2.45. The van der Waals surface area contributed by atoms with Crippen molar-refractivity contribution in [2.45, 2.75) is 19.8 Å². The molecule has 2 rings (SSSR count). The highest BCUT2D eigenvalue weighted by molar-refractivity contribution is 7.80. The molecule has 1 aromatic rings. The molecule has 0 aliphatic carbocycles. The van der Waals surface area contributed by atoms with Crippen LogP contribution in [0.4, 0.5) is 5.69 Å². The topological polar surface area (TPSA) is 41.3 Å². The molecule has 0 atom stereocenters. The van der Waals surface area contributed by atoms with E-state index in [2.05, 4.69) is 23.2 Å². The fourth-order valence-corrected chi connectivity index (χ4v) is 2.62. The van der Waals surface area contributed by atoms with Crippen LogP contribution in [0.2, 0.25) is 0 Å². The van der Waals surface area contributed by atoms with Crippen LogP contribution in [0.3, 0.4) is 0 Å². The number of nitrogens with two attached hydrogens (primary N) is 1. The van der Waals surface area contributed by atoms with Gasteiger partial charge in [-0.15, -0.1) is 0 Å². The Bertz CT molecular complexity index is 425. The van der Waals surface area contributed by atoms with E-state index in [0.717, 1.165) is 24.3 Å². The zero-order valence-electron chi connectivity index (χ0n) is 10.9. The van der Waals surface area contributed by atoms with Gasteiger partial charge in [0.25, 0.3) is 0 Å². The van der Waals surface area contributed by atoms with Crippen molar-refractivity contribution < 1.29 is 0 Å². The number of para-hydroxylation sites is 1. The summed E-state index contributed by atoms with van der Waals surface area (Å²) in [6.07, 6.45) is 2.67. The van der Waals surface area contributed by atoms with E-state index < -0.39 is 0 Å². The van der Waals surface area contributed by atoms with Gasteiger partial charge in [-0.25, -0.2) is 0 Å². The Balaban J connectivity index is 1.97. The number of aryl methyl sites for hydroxylation is 1. The Labute approximate surface area is 114 Å². The highest BCUT2D eigenvalue weighted by atomic mass is 32.1.